The summed E-state index contributed by atoms with van der Waals surface area (Å²) < 4.78 is 12.3. The molecule has 0 bridgehead atoms. The van der Waals surface area contributed by atoms with Crippen molar-refractivity contribution >= 4 is 57.7 Å². The lowest BCUT2D eigenvalue weighted by molar-refractivity contribution is 0.0497. The van der Waals surface area contributed by atoms with Crippen LogP contribution in [-0.4, -0.2) is 35.8 Å². The molecular formula is C21H24Cl2IN3O3. The number of pyridine rings is 1. The summed E-state index contributed by atoms with van der Waals surface area (Å²) >= 11 is 15.1. The van der Waals surface area contributed by atoms with Crippen LogP contribution < -0.4 is 15.0 Å². The molecule has 1 aromatic carbocycles. The molecule has 6 nitrogen and oxygen atoms in total. The van der Waals surface area contributed by atoms with Crippen molar-refractivity contribution in [2.45, 2.75) is 45.3 Å². The molecule has 162 valence electrons. The van der Waals surface area contributed by atoms with Crippen LogP contribution in [0.2, 0.25) is 10.0 Å². The molecule has 2 heterocycles. The van der Waals surface area contributed by atoms with Crippen LogP contribution in [-0.2, 0) is 4.74 Å². The molecule has 0 unspecified atom stereocenters. The van der Waals surface area contributed by atoms with Gasteiger partial charge in [-0.2, -0.15) is 0 Å². The second-order valence-electron chi connectivity index (χ2n) is 8.03. The molecule has 0 radical (unpaired) electrons. The third-order valence-corrected chi connectivity index (χ3v) is 5.79. The molecule has 1 saturated heterocycles. The smallest absolute Gasteiger partial charge is 0.407 e. The highest BCUT2D eigenvalue weighted by atomic mass is 127. The fourth-order valence-corrected chi connectivity index (χ4v) is 4.27. The number of hydrogen-bond acceptors (Lipinski definition) is 5. The van der Waals surface area contributed by atoms with E-state index >= 15 is 0 Å². The van der Waals surface area contributed by atoms with E-state index in [0.717, 1.165) is 16.4 Å². The molecule has 3 rings (SSSR count). The Morgan fingerprint density at radius 3 is 2.53 bits per heavy atom. The van der Waals surface area contributed by atoms with E-state index in [4.69, 9.17) is 32.7 Å². The molecule has 30 heavy (non-hydrogen) atoms. The number of alkyl carbamates (subject to hydrolysis) is 1. The summed E-state index contributed by atoms with van der Waals surface area (Å²) in [4.78, 5) is 18.5. The zero-order valence-electron chi connectivity index (χ0n) is 17.0. The van der Waals surface area contributed by atoms with E-state index in [1.54, 1.807) is 12.3 Å². The SMILES string of the molecule is CC(C)(C)OC(=O)NC1CCN(c2nccc(Oc3ccc(I)cc3Cl)c2Cl)CC1. The number of nitrogens with zero attached hydrogens (tertiary/aromatic N) is 2. The topological polar surface area (TPSA) is 63.7 Å². The minimum atomic E-state index is -0.511. The molecular weight excluding hydrogens is 540 g/mol. The van der Waals surface area contributed by atoms with Gasteiger partial charge in [0.2, 0.25) is 0 Å². The lowest BCUT2D eigenvalue weighted by atomic mass is 10.1. The molecule has 2 aromatic rings. The number of nitrogens with one attached hydrogen (secondary N) is 1. The first-order valence-electron chi connectivity index (χ1n) is 9.64. The van der Waals surface area contributed by atoms with Gasteiger partial charge < -0.3 is 19.7 Å². The lowest BCUT2D eigenvalue weighted by Gasteiger charge is -2.34. The Morgan fingerprint density at radius 1 is 1.20 bits per heavy atom. The van der Waals surface area contributed by atoms with Crippen LogP contribution in [0.15, 0.2) is 30.5 Å². The van der Waals surface area contributed by atoms with Crippen molar-refractivity contribution < 1.29 is 14.3 Å². The molecule has 1 aliphatic rings. The number of piperidine rings is 1. The molecule has 0 spiro atoms. The number of ether oxygens (including phenoxy) is 2. The number of rotatable bonds is 4. The van der Waals surface area contributed by atoms with Crippen molar-refractivity contribution in [3.63, 3.8) is 0 Å². The van der Waals surface area contributed by atoms with Gasteiger partial charge in [-0.15, -0.1) is 0 Å². The minimum absolute atomic E-state index is 0.0555. The van der Waals surface area contributed by atoms with E-state index < -0.39 is 5.60 Å². The fraction of sp³-hybridized carbons (Fsp3) is 0.429. The van der Waals surface area contributed by atoms with Crippen LogP contribution in [0.4, 0.5) is 10.6 Å². The Labute approximate surface area is 200 Å². The van der Waals surface area contributed by atoms with Crippen molar-refractivity contribution in [2.24, 2.45) is 0 Å². The summed E-state index contributed by atoms with van der Waals surface area (Å²) in [7, 11) is 0. The average molecular weight is 564 g/mol. The third-order valence-electron chi connectivity index (χ3n) is 4.46. The zero-order valence-corrected chi connectivity index (χ0v) is 20.7. The van der Waals surface area contributed by atoms with Gasteiger partial charge in [0.05, 0.1) is 5.02 Å². The second-order valence-corrected chi connectivity index (χ2v) is 10.1. The predicted octanol–water partition coefficient (Wildman–Crippen LogP) is 6.28. The van der Waals surface area contributed by atoms with E-state index in [1.807, 2.05) is 39.0 Å². The van der Waals surface area contributed by atoms with Gasteiger partial charge in [-0.25, -0.2) is 9.78 Å². The van der Waals surface area contributed by atoms with Gasteiger partial charge in [0.15, 0.2) is 11.6 Å². The molecule has 1 aromatic heterocycles. The van der Waals surface area contributed by atoms with Crippen LogP contribution in [0.1, 0.15) is 33.6 Å². The normalized spacial score (nSPS) is 15.1. The maximum atomic E-state index is 12.0. The number of benzene rings is 1. The van der Waals surface area contributed by atoms with Gasteiger partial charge in [-0.05, 0) is 74.4 Å². The Bertz CT molecular complexity index is 913. The molecule has 1 amide bonds. The van der Waals surface area contributed by atoms with Crippen molar-refractivity contribution in [3.05, 3.63) is 44.1 Å². The van der Waals surface area contributed by atoms with Crippen molar-refractivity contribution in [1.82, 2.24) is 10.3 Å². The van der Waals surface area contributed by atoms with Crippen molar-refractivity contribution in [3.8, 4) is 11.5 Å². The van der Waals surface area contributed by atoms with Gasteiger partial charge in [-0.1, -0.05) is 23.2 Å². The number of carbonyl (C=O) groups is 1. The number of hydrogen-bond donors (Lipinski definition) is 1. The number of halogens is 3. The molecule has 9 heteroatoms. The fourth-order valence-electron chi connectivity index (χ4n) is 3.10. The summed E-state index contributed by atoms with van der Waals surface area (Å²) in [5, 5.41) is 3.89. The number of amides is 1. The van der Waals surface area contributed by atoms with Gasteiger partial charge in [0.1, 0.15) is 16.4 Å². The molecule has 0 atom stereocenters. The van der Waals surface area contributed by atoms with Crippen LogP contribution in [0, 0.1) is 3.57 Å². The van der Waals surface area contributed by atoms with Gasteiger partial charge in [0, 0.05) is 35.0 Å². The first kappa shape index (κ1) is 23.2. The Balaban J connectivity index is 1.64. The first-order valence-corrected chi connectivity index (χ1v) is 11.5. The maximum absolute atomic E-state index is 12.0. The number of anilines is 1. The number of aromatic nitrogens is 1. The summed E-state index contributed by atoms with van der Waals surface area (Å²) in [5.74, 6) is 1.70. The highest BCUT2D eigenvalue weighted by Gasteiger charge is 2.26. The summed E-state index contributed by atoms with van der Waals surface area (Å²) in [6.45, 7) is 6.96. The Morgan fingerprint density at radius 2 is 1.90 bits per heavy atom. The lowest BCUT2D eigenvalue weighted by Crippen LogP contribution is -2.46. The van der Waals surface area contributed by atoms with Crippen LogP contribution in [0.5, 0.6) is 11.5 Å². The quantitative estimate of drug-likeness (QED) is 0.444. The largest absolute Gasteiger partial charge is 0.454 e. The second kappa shape index (κ2) is 9.78. The molecule has 1 N–H and O–H groups in total. The van der Waals surface area contributed by atoms with E-state index in [-0.39, 0.29) is 12.1 Å². The zero-order chi connectivity index (χ0) is 21.9. The van der Waals surface area contributed by atoms with Crippen molar-refractivity contribution in [1.29, 1.82) is 0 Å². The highest BCUT2D eigenvalue weighted by Crippen LogP contribution is 2.38. The van der Waals surface area contributed by atoms with E-state index in [1.165, 1.54) is 0 Å². The van der Waals surface area contributed by atoms with Crippen LogP contribution in [0.3, 0.4) is 0 Å². The maximum Gasteiger partial charge on any atom is 0.407 e. The third kappa shape index (κ3) is 6.28. The highest BCUT2D eigenvalue weighted by molar-refractivity contribution is 14.1. The van der Waals surface area contributed by atoms with Crippen molar-refractivity contribution in [2.75, 3.05) is 18.0 Å². The van der Waals surface area contributed by atoms with E-state index in [2.05, 4.69) is 37.8 Å². The molecule has 0 aliphatic carbocycles. The molecule has 1 fully saturated rings. The Hall–Kier alpha value is -1.45. The van der Waals surface area contributed by atoms with E-state index in [9.17, 15) is 4.79 Å². The minimum Gasteiger partial charge on any atom is -0.454 e. The summed E-state index contributed by atoms with van der Waals surface area (Å²) in [5.41, 5.74) is -0.511. The Kier molecular flexibility index (Phi) is 7.57. The average Bonchev–Trinajstić information content (AvgIpc) is 2.65. The number of carbonyl (C=O) groups excluding carboxylic acids is 1. The van der Waals surface area contributed by atoms with Gasteiger partial charge in [-0.3, -0.25) is 0 Å². The molecule has 0 saturated carbocycles. The van der Waals surface area contributed by atoms with Gasteiger partial charge >= 0.3 is 6.09 Å². The molecule has 1 aliphatic heterocycles. The predicted molar refractivity (Wildman–Crippen MR) is 128 cm³/mol. The summed E-state index contributed by atoms with van der Waals surface area (Å²) in [6.07, 6.45) is 2.82. The van der Waals surface area contributed by atoms with E-state index in [0.29, 0.717) is 40.5 Å². The summed E-state index contributed by atoms with van der Waals surface area (Å²) in [6, 6.07) is 7.33. The standard InChI is InChI=1S/C21H24Cl2IN3O3/c1-21(2,3)30-20(28)26-14-7-10-27(11-8-14)19-18(23)17(6-9-25-19)29-16-5-4-13(24)12-15(16)22/h4-6,9,12,14H,7-8,10-11H2,1-3H3,(H,26,28). The van der Waals surface area contributed by atoms with Gasteiger partial charge in [0.25, 0.3) is 0 Å². The first-order chi connectivity index (χ1) is 14.1. The van der Waals surface area contributed by atoms with Crippen LogP contribution >= 0.6 is 45.8 Å². The van der Waals surface area contributed by atoms with Crippen LogP contribution in [0.25, 0.3) is 0 Å². The monoisotopic (exact) mass is 563 g/mol.